The Bertz CT molecular complexity index is 525. The predicted octanol–water partition coefficient (Wildman–Crippen LogP) is 2.16. The number of hydrogen-bond donors (Lipinski definition) is 1. The first-order valence-corrected chi connectivity index (χ1v) is 6.08. The van der Waals surface area contributed by atoms with Gasteiger partial charge in [-0.3, -0.25) is 4.98 Å². The molecule has 0 amide bonds. The Morgan fingerprint density at radius 2 is 2.05 bits per heavy atom. The fourth-order valence-corrected chi connectivity index (χ4v) is 1.57. The van der Waals surface area contributed by atoms with Crippen LogP contribution in [0.3, 0.4) is 0 Å². The van der Waals surface area contributed by atoms with Gasteiger partial charge >= 0.3 is 0 Å². The molecule has 1 N–H and O–H groups in total. The lowest BCUT2D eigenvalue weighted by atomic mass is 10.3. The highest BCUT2D eigenvalue weighted by atomic mass is 16.5. The van der Waals surface area contributed by atoms with Crippen molar-refractivity contribution in [1.29, 1.82) is 0 Å². The van der Waals surface area contributed by atoms with Crippen molar-refractivity contribution in [3.63, 3.8) is 0 Å². The molecule has 2 aromatic rings. The second-order valence-electron chi connectivity index (χ2n) is 4.32. The summed E-state index contributed by atoms with van der Waals surface area (Å²) in [4.78, 5) is 10.5. The summed E-state index contributed by atoms with van der Waals surface area (Å²) in [6.07, 6.45) is 3.40. The molecule has 2 rings (SSSR count). The lowest BCUT2D eigenvalue weighted by molar-refractivity contribution is 0.301. The Morgan fingerprint density at radius 3 is 2.68 bits per heavy atom. The number of nitrogens with one attached hydrogen (secondary N) is 1. The Kier molecular flexibility index (Phi) is 4.18. The molecule has 0 spiro atoms. The van der Waals surface area contributed by atoms with Crippen LogP contribution < -0.4 is 15.0 Å². The molecule has 0 radical (unpaired) electrons. The zero-order valence-corrected chi connectivity index (χ0v) is 11.4. The van der Waals surface area contributed by atoms with Crippen LogP contribution in [-0.4, -0.2) is 31.1 Å². The van der Waals surface area contributed by atoms with Crippen molar-refractivity contribution in [1.82, 2.24) is 9.97 Å². The van der Waals surface area contributed by atoms with E-state index in [2.05, 4.69) is 15.3 Å². The van der Waals surface area contributed by atoms with Crippen LogP contribution in [0.15, 0.2) is 36.7 Å². The normalized spacial score (nSPS) is 10.1. The first-order valence-electron chi connectivity index (χ1n) is 6.08. The Hall–Kier alpha value is -2.30. The number of hydrogen-bond acceptors (Lipinski definition) is 5. The molecule has 5 nitrogen and oxygen atoms in total. The molecule has 5 heteroatoms. The van der Waals surface area contributed by atoms with Gasteiger partial charge in [-0.2, -0.15) is 0 Å². The fourth-order valence-electron chi connectivity index (χ4n) is 1.57. The third kappa shape index (κ3) is 3.58. The van der Waals surface area contributed by atoms with Gasteiger partial charge < -0.3 is 15.0 Å². The Balaban J connectivity index is 1.99. The van der Waals surface area contributed by atoms with Crippen molar-refractivity contribution < 1.29 is 4.74 Å². The topological polar surface area (TPSA) is 50.3 Å². The molecule has 0 saturated carbocycles. The molecule has 1 heterocycles. The second-order valence-corrected chi connectivity index (χ2v) is 4.32. The predicted molar refractivity (Wildman–Crippen MR) is 76.7 cm³/mol. The molecule has 0 unspecified atom stereocenters. The van der Waals surface area contributed by atoms with Gasteiger partial charge in [-0.25, -0.2) is 4.98 Å². The van der Waals surface area contributed by atoms with Gasteiger partial charge in [-0.1, -0.05) is 6.07 Å². The fraction of sp³-hybridized carbons (Fsp3) is 0.286. The third-order valence-electron chi connectivity index (χ3n) is 2.68. The molecule has 0 aliphatic carbocycles. The average molecular weight is 258 g/mol. The highest BCUT2D eigenvalue weighted by Crippen LogP contribution is 2.20. The SMILES string of the molecule is CNc1cnc(COc2cccc(N(C)C)c2)cn1. The van der Waals surface area contributed by atoms with Gasteiger partial charge in [-0.15, -0.1) is 0 Å². The van der Waals surface area contributed by atoms with Crippen LogP contribution in [0.2, 0.25) is 0 Å². The van der Waals surface area contributed by atoms with Gasteiger partial charge in [0.1, 0.15) is 18.2 Å². The highest BCUT2D eigenvalue weighted by molar-refractivity contribution is 5.49. The van der Waals surface area contributed by atoms with Crippen LogP contribution in [0.5, 0.6) is 5.75 Å². The molecular weight excluding hydrogens is 240 g/mol. The number of rotatable bonds is 5. The molecule has 0 atom stereocenters. The summed E-state index contributed by atoms with van der Waals surface area (Å²) >= 11 is 0. The minimum Gasteiger partial charge on any atom is -0.487 e. The van der Waals surface area contributed by atoms with Crippen LogP contribution in [0.4, 0.5) is 11.5 Å². The van der Waals surface area contributed by atoms with Crippen LogP contribution in [0, 0.1) is 0 Å². The van der Waals surface area contributed by atoms with E-state index in [-0.39, 0.29) is 0 Å². The maximum Gasteiger partial charge on any atom is 0.144 e. The maximum atomic E-state index is 5.71. The summed E-state index contributed by atoms with van der Waals surface area (Å²) in [7, 11) is 5.81. The van der Waals surface area contributed by atoms with Gasteiger partial charge in [-0.05, 0) is 12.1 Å². The maximum absolute atomic E-state index is 5.71. The summed E-state index contributed by atoms with van der Waals surface area (Å²) in [5.74, 6) is 1.57. The molecule has 1 aromatic carbocycles. The van der Waals surface area contributed by atoms with Crippen LogP contribution >= 0.6 is 0 Å². The smallest absolute Gasteiger partial charge is 0.144 e. The van der Waals surface area contributed by atoms with Gasteiger partial charge in [0.15, 0.2) is 0 Å². The van der Waals surface area contributed by atoms with Crippen molar-refractivity contribution in [3.8, 4) is 5.75 Å². The van der Waals surface area contributed by atoms with E-state index in [1.54, 1.807) is 12.4 Å². The molecule has 0 fully saturated rings. The highest BCUT2D eigenvalue weighted by Gasteiger charge is 2.01. The quantitative estimate of drug-likeness (QED) is 0.890. The lowest BCUT2D eigenvalue weighted by Crippen LogP contribution is -2.08. The third-order valence-corrected chi connectivity index (χ3v) is 2.68. The lowest BCUT2D eigenvalue weighted by Gasteiger charge is -2.13. The Labute approximate surface area is 113 Å². The van der Waals surface area contributed by atoms with E-state index in [1.165, 1.54) is 0 Å². The summed E-state index contributed by atoms with van der Waals surface area (Å²) in [5, 5.41) is 2.93. The summed E-state index contributed by atoms with van der Waals surface area (Å²) < 4.78 is 5.71. The summed E-state index contributed by atoms with van der Waals surface area (Å²) in [5.41, 5.74) is 1.91. The standard InChI is InChI=1S/C14H18N4O/c1-15-14-9-16-11(8-17-14)10-19-13-6-4-5-12(7-13)18(2)3/h4-9H,10H2,1-3H3,(H,15,17). The van der Waals surface area contributed by atoms with Crippen molar-refractivity contribution in [2.75, 3.05) is 31.4 Å². The first-order chi connectivity index (χ1) is 9.19. The van der Waals surface area contributed by atoms with Crippen LogP contribution in [-0.2, 0) is 6.61 Å². The van der Waals surface area contributed by atoms with Gasteiger partial charge in [0.05, 0.1) is 18.1 Å². The van der Waals surface area contributed by atoms with E-state index >= 15 is 0 Å². The molecule has 100 valence electrons. The Morgan fingerprint density at radius 1 is 1.21 bits per heavy atom. The number of aromatic nitrogens is 2. The molecule has 0 aliphatic heterocycles. The van der Waals surface area contributed by atoms with E-state index in [1.807, 2.05) is 50.3 Å². The largest absolute Gasteiger partial charge is 0.487 e. The monoisotopic (exact) mass is 258 g/mol. The van der Waals surface area contributed by atoms with E-state index in [9.17, 15) is 0 Å². The summed E-state index contributed by atoms with van der Waals surface area (Å²) in [6.45, 7) is 0.411. The molecule has 0 saturated heterocycles. The van der Waals surface area contributed by atoms with Crippen molar-refractivity contribution >= 4 is 11.5 Å². The van der Waals surface area contributed by atoms with E-state index in [0.29, 0.717) is 6.61 Å². The number of anilines is 2. The van der Waals surface area contributed by atoms with Crippen LogP contribution in [0.1, 0.15) is 5.69 Å². The number of benzene rings is 1. The van der Waals surface area contributed by atoms with Gasteiger partial charge in [0.2, 0.25) is 0 Å². The zero-order chi connectivity index (χ0) is 13.7. The van der Waals surface area contributed by atoms with E-state index in [4.69, 9.17) is 4.74 Å². The van der Waals surface area contributed by atoms with Gasteiger partial charge in [0.25, 0.3) is 0 Å². The van der Waals surface area contributed by atoms with E-state index < -0.39 is 0 Å². The number of ether oxygens (including phenoxy) is 1. The van der Waals surface area contributed by atoms with Crippen LogP contribution in [0.25, 0.3) is 0 Å². The first kappa shape index (κ1) is 13.1. The van der Waals surface area contributed by atoms with Gasteiger partial charge in [0, 0.05) is 32.9 Å². The minimum atomic E-state index is 0.411. The zero-order valence-electron chi connectivity index (χ0n) is 11.4. The molecular formula is C14H18N4O. The number of nitrogens with zero attached hydrogens (tertiary/aromatic N) is 3. The second kappa shape index (κ2) is 6.04. The molecule has 1 aromatic heterocycles. The molecule has 0 aliphatic rings. The minimum absolute atomic E-state index is 0.411. The molecule has 19 heavy (non-hydrogen) atoms. The van der Waals surface area contributed by atoms with E-state index in [0.717, 1.165) is 22.9 Å². The summed E-state index contributed by atoms with van der Waals surface area (Å²) in [6, 6.07) is 7.94. The van der Waals surface area contributed by atoms with Crippen molar-refractivity contribution in [2.45, 2.75) is 6.61 Å². The van der Waals surface area contributed by atoms with Crippen molar-refractivity contribution in [2.24, 2.45) is 0 Å². The van der Waals surface area contributed by atoms with Crippen molar-refractivity contribution in [3.05, 3.63) is 42.4 Å². The molecule has 0 bridgehead atoms. The average Bonchev–Trinajstić information content (AvgIpc) is 2.46.